The zero-order chi connectivity index (χ0) is 47.9. The van der Waals surface area contributed by atoms with Crippen molar-refractivity contribution in [3.8, 4) is 0 Å². The van der Waals surface area contributed by atoms with Crippen LogP contribution in [0.5, 0.6) is 0 Å². The van der Waals surface area contributed by atoms with Crippen molar-refractivity contribution in [1.29, 1.82) is 0 Å². The number of amides is 1. The van der Waals surface area contributed by atoms with E-state index in [9.17, 15) is 54.8 Å². The van der Waals surface area contributed by atoms with Crippen molar-refractivity contribution < 1.29 is 78.5 Å². The largest absolute Gasteiger partial charge is 0.469 e. The summed E-state index contributed by atoms with van der Waals surface area (Å²) in [5.74, 6) is -1.08. The van der Waals surface area contributed by atoms with Crippen molar-refractivity contribution in [3.63, 3.8) is 0 Å². The molecule has 0 radical (unpaired) electrons. The van der Waals surface area contributed by atoms with Crippen LogP contribution in [0.4, 0.5) is 4.39 Å². The molecule has 5 aliphatic carbocycles. The zero-order valence-corrected chi connectivity index (χ0v) is 39.0. The normalized spacial score (nSPS) is 49.0. The maximum Gasteiger partial charge on any atom is 0.311 e. The first-order chi connectivity index (χ1) is 31.1. The van der Waals surface area contributed by atoms with Gasteiger partial charge in [0.15, 0.2) is 12.6 Å². The summed E-state index contributed by atoms with van der Waals surface area (Å²) in [6.45, 7) is 9.56. The molecule has 1 aromatic carbocycles. The Balaban J connectivity index is 1.03. The molecular weight excluding hydrogens is 862 g/mol. The van der Waals surface area contributed by atoms with Crippen molar-refractivity contribution in [1.82, 2.24) is 5.32 Å². The van der Waals surface area contributed by atoms with Crippen LogP contribution < -0.4 is 5.32 Å². The highest BCUT2D eigenvalue weighted by Crippen LogP contribution is 2.76. The highest BCUT2D eigenvalue weighted by Gasteiger charge is 2.71. The summed E-state index contributed by atoms with van der Waals surface area (Å²) in [7, 11) is 1.41. The molecule has 2 aliphatic heterocycles. The molecule has 370 valence electrons. The smallest absolute Gasteiger partial charge is 0.311 e. The van der Waals surface area contributed by atoms with E-state index in [1.54, 1.807) is 12.1 Å². The summed E-state index contributed by atoms with van der Waals surface area (Å²) in [5, 5.41) is 89.8. The van der Waals surface area contributed by atoms with E-state index < -0.39 is 95.8 Å². The molecule has 1 amide bonds. The fraction of sp³-hybridized carbons (Fsp3) is 0.796. The fourth-order valence-electron chi connectivity index (χ4n) is 14.8. The van der Waals surface area contributed by atoms with E-state index >= 15 is 0 Å². The fourth-order valence-corrected chi connectivity index (χ4v) is 14.8. The number of aliphatic hydroxyl groups is 8. The van der Waals surface area contributed by atoms with Gasteiger partial charge in [0, 0.05) is 12.0 Å². The third-order valence-electron chi connectivity index (χ3n) is 18.8. The molecule has 8 rings (SSSR count). The summed E-state index contributed by atoms with van der Waals surface area (Å²) in [6, 6.07) is 6.09. The Morgan fingerprint density at radius 2 is 1.50 bits per heavy atom. The quantitative estimate of drug-likeness (QED) is 0.0925. The highest BCUT2D eigenvalue weighted by atomic mass is 19.1. The number of carbonyl (C=O) groups excluding carboxylic acids is 2. The Bertz CT molecular complexity index is 1990. The highest BCUT2D eigenvalue weighted by molar-refractivity contribution is 5.85. The standard InChI is InChI=1S/C49H72FNO15/c1-44(43(61)62-6)15-17-49(42(60)51-21-25-7-9-26(50)10-8-25)18-16-47(4)27(28(49)19-44)11-12-33-45(2)20-29(54)39(46(3,24-53)32(45)13-14-48(33,47)5)66-40-37(58)35(56)31(23-63-40)65-41-38(59)36(57)34(55)30(22-52)64-41/h7-11,28-41,52-59H,12-24H2,1-6H3,(H,51,60)/t28-,29-,30+,31+,32+,33+,34+,35-,36-,37+,38+,39-,40-,41-,44-,45-,46-,47+,48+,49-/m0/s1. The number of nitrogens with one attached hydrogen (secondary N) is 1. The average molecular weight is 934 g/mol. The van der Waals surface area contributed by atoms with Crippen LogP contribution in [0.1, 0.15) is 98.0 Å². The maximum atomic E-state index is 14.7. The molecule has 0 spiro atoms. The van der Waals surface area contributed by atoms with Crippen LogP contribution >= 0.6 is 0 Å². The third kappa shape index (κ3) is 7.70. The number of esters is 1. The number of rotatable bonds is 10. The summed E-state index contributed by atoms with van der Waals surface area (Å²) in [6.07, 6.45) is -8.59. The predicted molar refractivity (Wildman–Crippen MR) is 232 cm³/mol. The minimum absolute atomic E-state index is 0.0352. The Kier molecular flexibility index (Phi) is 13.5. The number of hydrogen-bond acceptors (Lipinski definition) is 15. The summed E-state index contributed by atoms with van der Waals surface area (Å²) < 4.78 is 42.5. The molecule has 0 bridgehead atoms. The van der Waals surface area contributed by atoms with Crippen LogP contribution in [-0.4, -0.2) is 147 Å². The van der Waals surface area contributed by atoms with Gasteiger partial charge in [0.05, 0.1) is 50.0 Å². The number of benzene rings is 1. The first-order valence-electron chi connectivity index (χ1n) is 23.8. The van der Waals surface area contributed by atoms with Gasteiger partial charge >= 0.3 is 5.97 Å². The predicted octanol–water partition coefficient (Wildman–Crippen LogP) is 1.99. The molecule has 6 fully saturated rings. The zero-order valence-electron chi connectivity index (χ0n) is 39.0. The van der Waals surface area contributed by atoms with Gasteiger partial charge in [-0.05, 0) is 116 Å². The van der Waals surface area contributed by atoms with Crippen LogP contribution in [0.25, 0.3) is 0 Å². The van der Waals surface area contributed by atoms with Gasteiger partial charge in [0.1, 0.15) is 48.5 Å². The number of methoxy groups -OCH3 is 1. The molecule has 0 unspecified atom stereocenters. The van der Waals surface area contributed by atoms with Gasteiger partial charge in [-0.1, -0.05) is 51.5 Å². The molecule has 16 nitrogen and oxygen atoms in total. The van der Waals surface area contributed by atoms with Crippen LogP contribution in [0, 0.1) is 56.1 Å². The number of aliphatic hydroxyl groups excluding tert-OH is 8. The lowest BCUT2D eigenvalue weighted by molar-refractivity contribution is -0.357. The van der Waals surface area contributed by atoms with E-state index in [4.69, 9.17) is 23.7 Å². The second-order valence-electron chi connectivity index (χ2n) is 22.1. The Morgan fingerprint density at radius 3 is 2.17 bits per heavy atom. The first-order valence-corrected chi connectivity index (χ1v) is 23.8. The molecule has 1 aromatic rings. The lowest BCUT2D eigenvalue weighted by Crippen LogP contribution is -2.69. The maximum absolute atomic E-state index is 14.7. The van der Waals surface area contributed by atoms with Crippen molar-refractivity contribution in [2.45, 2.75) is 166 Å². The average Bonchev–Trinajstić information content (AvgIpc) is 3.29. The lowest BCUT2D eigenvalue weighted by atomic mass is 9.33. The Labute approximate surface area is 385 Å². The molecule has 2 heterocycles. The molecule has 2 saturated heterocycles. The van der Waals surface area contributed by atoms with Gasteiger partial charge in [-0.3, -0.25) is 9.59 Å². The van der Waals surface area contributed by atoms with Crippen molar-refractivity contribution >= 4 is 11.9 Å². The number of ether oxygens (including phenoxy) is 5. The molecule has 66 heavy (non-hydrogen) atoms. The van der Waals surface area contributed by atoms with Crippen LogP contribution in [0.2, 0.25) is 0 Å². The molecule has 0 aromatic heterocycles. The van der Waals surface area contributed by atoms with Crippen LogP contribution in [0.3, 0.4) is 0 Å². The number of carbonyl (C=O) groups is 2. The first kappa shape index (κ1) is 49.8. The van der Waals surface area contributed by atoms with Gasteiger partial charge in [-0.15, -0.1) is 0 Å². The van der Waals surface area contributed by atoms with Crippen molar-refractivity contribution in [2.75, 3.05) is 26.9 Å². The molecule has 17 heteroatoms. The van der Waals surface area contributed by atoms with Gasteiger partial charge in [0.2, 0.25) is 5.91 Å². The van der Waals surface area contributed by atoms with Gasteiger partial charge in [-0.25, -0.2) is 4.39 Å². The number of halogens is 1. The summed E-state index contributed by atoms with van der Waals surface area (Å²) in [5.41, 5.74) is -1.83. The second-order valence-corrected chi connectivity index (χ2v) is 22.1. The molecular formula is C49H72FNO15. The van der Waals surface area contributed by atoms with Gasteiger partial charge in [-0.2, -0.15) is 0 Å². The Hall–Kier alpha value is -2.65. The Morgan fingerprint density at radius 1 is 0.818 bits per heavy atom. The van der Waals surface area contributed by atoms with E-state index in [-0.39, 0.29) is 66.0 Å². The van der Waals surface area contributed by atoms with Crippen LogP contribution in [0.15, 0.2) is 35.9 Å². The third-order valence-corrected chi connectivity index (χ3v) is 18.8. The van der Waals surface area contributed by atoms with Crippen LogP contribution in [-0.2, 0) is 39.8 Å². The van der Waals surface area contributed by atoms with E-state index in [0.29, 0.717) is 44.9 Å². The number of fused-ring (bicyclic) bond motifs is 7. The van der Waals surface area contributed by atoms with E-state index in [1.807, 2.05) is 13.8 Å². The van der Waals surface area contributed by atoms with Crippen molar-refractivity contribution in [2.24, 2.45) is 50.2 Å². The minimum Gasteiger partial charge on any atom is -0.469 e. The molecule has 20 atom stereocenters. The topological polar surface area (TPSA) is 254 Å². The second kappa shape index (κ2) is 17.9. The van der Waals surface area contributed by atoms with Crippen molar-refractivity contribution in [3.05, 3.63) is 47.3 Å². The van der Waals surface area contributed by atoms with E-state index in [2.05, 4.69) is 32.2 Å². The van der Waals surface area contributed by atoms with Gasteiger partial charge in [0.25, 0.3) is 0 Å². The van der Waals surface area contributed by atoms with Gasteiger partial charge < -0.3 is 69.9 Å². The van der Waals surface area contributed by atoms with E-state index in [0.717, 1.165) is 18.4 Å². The SMILES string of the molecule is COC(=O)[C@@]1(C)CC[C@]2(C(=O)NCc3ccc(F)cc3)CC[C@]3(C)C(=CC[C@@H]4[C@@]5(C)C[C@H](O)[C@H](O[C@@H]6OC[C@@H](O[C@@H]7O[C@H](CO)[C@@H](O)[C@H](O)[C@H]7O)[C@H](O)[C@H]6O)[C@@](C)(CO)[C@@H]5CC[C@]43C)[C@@H]2C1. The number of hydrogen-bond donors (Lipinski definition) is 9. The molecule has 9 N–H and O–H groups in total. The summed E-state index contributed by atoms with van der Waals surface area (Å²) in [4.78, 5) is 28.1. The molecule has 4 saturated carbocycles. The molecule has 7 aliphatic rings. The minimum atomic E-state index is -1.74. The monoisotopic (exact) mass is 933 g/mol. The summed E-state index contributed by atoms with van der Waals surface area (Å²) >= 11 is 0. The number of allylic oxidation sites excluding steroid dienone is 2. The lowest BCUT2D eigenvalue weighted by Gasteiger charge is -2.72. The van der Waals surface area contributed by atoms with E-state index in [1.165, 1.54) is 24.8 Å².